The van der Waals surface area contributed by atoms with Crippen LogP contribution < -0.4 is 9.80 Å². The summed E-state index contributed by atoms with van der Waals surface area (Å²) in [6.45, 7) is 10.4. The van der Waals surface area contributed by atoms with E-state index >= 15 is 0 Å². The molecule has 4 rings (SSSR count). The van der Waals surface area contributed by atoms with Crippen molar-refractivity contribution in [3.63, 3.8) is 0 Å². The number of ether oxygens (including phenoxy) is 1. The number of aromatic nitrogens is 4. The van der Waals surface area contributed by atoms with Crippen molar-refractivity contribution in [2.24, 2.45) is 7.05 Å². The molecule has 0 saturated carbocycles. The van der Waals surface area contributed by atoms with Crippen LogP contribution in [0, 0.1) is 20.8 Å². The zero-order valence-corrected chi connectivity index (χ0v) is 18.8. The monoisotopic (exact) mass is 435 g/mol. The first-order chi connectivity index (χ1) is 14.3. The topological polar surface area (TPSA) is 96.7 Å². The van der Waals surface area contributed by atoms with Crippen molar-refractivity contribution in [2.45, 2.75) is 25.7 Å². The molecule has 0 atom stereocenters. The second-order valence-corrected chi connectivity index (χ2v) is 9.66. The molecule has 0 spiro atoms. The lowest BCUT2D eigenvalue weighted by molar-refractivity contribution is 0.122. The second kappa shape index (κ2) is 8.12. The summed E-state index contributed by atoms with van der Waals surface area (Å²) >= 11 is 0. The summed E-state index contributed by atoms with van der Waals surface area (Å²) in [6, 6.07) is 1.96. The molecule has 0 unspecified atom stereocenters. The molecule has 2 aliphatic heterocycles. The molecule has 0 bridgehead atoms. The predicted octanol–water partition coefficient (Wildman–Crippen LogP) is 0.483. The average molecular weight is 436 g/mol. The molecule has 2 aliphatic rings. The van der Waals surface area contributed by atoms with E-state index in [1.54, 1.807) is 29.9 Å². The maximum atomic E-state index is 13.2. The van der Waals surface area contributed by atoms with Crippen LogP contribution in [-0.4, -0.2) is 85.0 Å². The van der Waals surface area contributed by atoms with E-state index in [-0.39, 0.29) is 0 Å². The lowest BCUT2D eigenvalue weighted by Crippen LogP contribution is -2.49. The fraction of sp³-hybridized carbons (Fsp3) is 0.632. The van der Waals surface area contributed by atoms with Crippen LogP contribution in [0.2, 0.25) is 0 Å². The Kier molecular flexibility index (Phi) is 5.69. The van der Waals surface area contributed by atoms with Gasteiger partial charge in [-0.1, -0.05) is 0 Å². The van der Waals surface area contributed by atoms with Gasteiger partial charge in [-0.15, -0.1) is 0 Å². The third-order valence-electron chi connectivity index (χ3n) is 5.73. The molecule has 2 fully saturated rings. The molecule has 10 nitrogen and oxygen atoms in total. The third-order valence-corrected chi connectivity index (χ3v) is 7.88. The van der Waals surface area contributed by atoms with Gasteiger partial charge in [0.1, 0.15) is 10.7 Å². The molecule has 0 aliphatic carbocycles. The quantitative estimate of drug-likeness (QED) is 0.684. The maximum absolute atomic E-state index is 13.2. The van der Waals surface area contributed by atoms with Crippen LogP contribution in [0.15, 0.2) is 11.0 Å². The molecular weight excluding hydrogens is 406 g/mol. The largest absolute Gasteiger partial charge is 0.378 e. The van der Waals surface area contributed by atoms with E-state index in [2.05, 4.69) is 19.9 Å². The Balaban J connectivity index is 1.50. The van der Waals surface area contributed by atoms with Gasteiger partial charge in [-0.05, 0) is 20.8 Å². The number of sulfonamides is 1. The van der Waals surface area contributed by atoms with Gasteiger partial charge in [0.05, 0.1) is 24.6 Å². The third kappa shape index (κ3) is 3.88. The van der Waals surface area contributed by atoms with Crippen molar-refractivity contribution >= 4 is 21.8 Å². The molecule has 4 heterocycles. The molecule has 2 aromatic rings. The normalized spacial score (nSPS) is 18.8. The summed E-state index contributed by atoms with van der Waals surface area (Å²) in [5.41, 5.74) is 2.11. The lowest BCUT2D eigenvalue weighted by atomic mass is 10.3. The second-order valence-electron chi connectivity index (χ2n) is 7.78. The highest BCUT2D eigenvalue weighted by molar-refractivity contribution is 7.89. The van der Waals surface area contributed by atoms with Gasteiger partial charge < -0.3 is 14.5 Å². The molecule has 2 aromatic heterocycles. The fourth-order valence-corrected chi connectivity index (χ4v) is 5.84. The van der Waals surface area contributed by atoms with E-state index in [0.717, 1.165) is 24.6 Å². The minimum atomic E-state index is -3.57. The number of rotatable bonds is 4. The van der Waals surface area contributed by atoms with E-state index in [9.17, 15) is 8.42 Å². The summed E-state index contributed by atoms with van der Waals surface area (Å²) in [4.78, 5) is 13.9. The van der Waals surface area contributed by atoms with Crippen LogP contribution in [0.4, 0.5) is 11.8 Å². The SMILES string of the molecule is Cc1cc(N2CCN(S(=O)(=O)c3c(C)nn(C)c3C)CC2)nc(N2CCOCC2)n1. The van der Waals surface area contributed by atoms with Gasteiger partial charge in [-0.2, -0.15) is 14.4 Å². The van der Waals surface area contributed by atoms with E-state index in [1.165, 1.54) is 0 Å². The van der Waals surface area contributed by atoms with Crippen LogP contribution in [0.25, 0.3) is 0 Å². The summed E-state index contributed by atoms with van der Waals surface area (Å²) in [5, 5.41) is 4.27. The van der Waals surface area contributed by atoms with Gasteiger partial charge in [-0.3, -0.25) is 4.68 Å². The molecule has 0 aromatic carbocycles. The molecule has 2 saturated heterocycles. The number of morpholine rings is 1. The van der Waals surface area contributed by atoms with Crippen molar-refractivity contribution in [1.29, 1.82) is 0 Å². The maximum Gasteiger partial charge on any atom is 0.246 e. The zero-order chi connectivity index (χ0) is 21.5. The van der Waals surface area contributed by atoms with Crippen LogP contribution in [0.3, 0.4) is 0 Å². The Morgan fingerprint density at radius 1 is 0.933 bits per heavy atom. The Bertz CT molecular complexity index is 1020. The van der Waals surface area contributed by atoms with Crippen LogP contribution in [-0.2, 0) is 21.8 Å². The summed E-state index contributed by atoms with van der Waals surface area (Å²) in [5.74, 6) is 1.56. The number of nitrogens with zero attached hydrogens (tertiary/aromatic N) is 7. The fourth-order valence-electron chi connectivity index (χ4n) is 4.02. The van der Waals surface area contributed by atoms with Gasteiger partial charge in [0.2, 0.25) is 16.0 Å². The first-order valence-electron chi connectivity index (χ1n) is 10.2. The molecule has 164 valence electrons. The summed E-state index contributed by atoms with van der Waals surface area (Å²) in [6.07, 6.45) is 0. The van der Waals surface area contributed by atoms with E-state index in [4.69, 9.17) is 9.72 Å². The van der Waals surface area contributed by atoms with E-state index in [1.807, 2.05) is 13.0 Å². The summed E-state index contributed by atoms with van der Waals surface area (Å²) in [7, 11) is -1.81. The van der Waals surface area contributed by atoms with Crippen molar-refractivity contribution in [2.75, 3.05) is 62.3 Å². The van der Waals surface area contributed by atoms with Crippen molar-refractivity contribution in [3.8, 4) is 0 Å². The number of aryl methyl sites for hydroxylation is 3. The van der Waals surface area contributed by atoms with Gasteiger partial charge >= 0.3 is 0 Å². The lowest BCUT2D eigenvalue weighted by Gasteiger charge is -2.35. The summed E-state index contributed by atoms with van der Waals surface area (Å²) < 4.78 is 35.0. The van der Waals surface area contributed by atoms with Gasteiger partial charge in [-0.25, -0.2) is 13.4 Å². The number of hydrogen-bond acceptors (Lipinski definition) is 8. The molecule has 30 heavy (non-hydrogen) atoms. The van der Waals surface area contributed by atoms with E-state index in [0.29, 0.717) is 61.6 Å². The Morgan fingerprint density at radius 3 is 2.20 bits per heavy atom. The number of anilines is 2. The first-order valence-corrected chi connectivity index (χ1v) is 11.6. The highest BCUT2D eigenvalue weighted by Gasteiger charge is 2.33. The van der Waals surface area contributed by atoms with Crippen molar-refractivity contribution < 1.29 is 13.2 Å². The predicted molar refractivity (Wildman–Crippen MR) is 113 cm³/mol. The first kappa shape index (κ1) is 21.0. The Morgan fingerprint density at radius 2 is 1.60 bits per heavy atom. The van der Waals surface area contributed by atoms with Gasteiger partial charge in [0.15, 0.2) is 0 Å². The average Bonchev–Trinajstić information content (AvgIpc) is 3.00. The smallest absolute Gasteiger partial charge is 0.246 e. The minimum Gasteiger partial charge on any atom is -0.378 e. The van der Waals surface area contributed by atoms with Crippen LogP contribution in [0.1, 0.15) is 17.1 Å². The Labute approximate surface area is 177 Å². The molecule has 11 heteroatoms. The standard InChI is InChI=1S/C19H29N7O3S/c1-14-13-17(21-19(20-14)25-9-11-29-12-10-25)24-5-7-26(8-6-24)30(27,28)18-15(2)22-23(4)16(18)3/h13H,5-12H2,1-4H3. The highest BCUT2D eigenvalue weighted by Crippen LogP contribution is 2.26. The Hall–Kier alpha value is -2.24. The van der Waals surface area contributed by atoms with Gasteiger partial charge in [0.25, 0.3) is 0 Å². The number of piperazine rings is 1. The molecule has 0 amide bonds. The molecular formula is C19H29N7O3S. The van der Waals surface area contributed by atoms with Crippen molar-refractivity contribution in [3.05, 3.63) is 23.1 Å². The van der Waals surface area contributed by atoms with Crippen LogP contribution >= 0.6 is 0 Å². The molecule has 0 N–H and O–H groups in total. The minimum absolute atomic E-state index is 0.325. The van der Waals surface area contributed by atoms with E-state index < -0.39 is 10.0 Å². The van der Waals surface area contributed by atoms with Gasteiger partial charge in [0, 0.05) is 58.1 Å². The van der Waals surface area contributed by atoms with Crippen LogP contribution in [0.5, 0.6) is 0 Å². The number of hydrogen-bond donors (Lipinski definition) is 0. The highest BCUT2D eigenvalue weighted by atomic mass is 32.2. The van der Waals surface area contributed by atoms with Crippen molar-refractivity contribution in [1.82, 2.24) is 24.1 Å². The molecule has 0 radical (unpaired) electrons. The zero-order valence-electron chi connectivity index (χ0n) is 18.0.